The van der Waals surface area contributed by atoms with E-state index in [-0.39, 0.29) is 0 Å². The molecule has 0 radical (unpaired) electrons. The molecule has 3 nitrogen and oxygen atoms in total. The number of benzene rings is 2. The normalized spacial score (nSPS) is 10.3. The van der Waals surface area contributed by atoms with E-state index in [1.54, 1.807) is 13.2 Å². The van der Waals surface area contributed by atoms with Gasteiger partial charge >= 0.3 is 0 Å². The Bertz CT molecular complexity index is 620. The molecular formula is C13H10Br2INO2. The number of hydrogen-bond donors (Lipinski definition) is 1. The van der Waals surface area contributed by atoms with E-state index in [1.165, 1.54) is 0 Å². The molecule has 2 aromatic rings. The quantitative estimate of drug-likeness (QED) is 0.467. The molecule has 0 amide bonds. The molecule has 100 valence electrons. The molecule has 0 saturated carbocycles. The zero-order valence-electron chi connectivity index (χ0n) is 9.91. The predicted molar refractivity (Wildman–Crippen MR) is 92.0 cm³/mol. The molecule has 0 bridgehead atoms. The van der Waals surface area contributed by atoms with Gasteiger partial charge in [-0.15, -0.1) is 0 Å². The lowest BCUT2D eigenvalue weighted by Crippen LogP contribution is -1.97. The standard InChI is InChI=1S/C13H10Br2INO2/c1-18-11-5-8(15)6-12(13(11)17)19-10-3-2-7(14)4-9(10)16/h2-6H,17H2,1H3. The fourth-order valence-corrected chi connectivity index (χ4v) is 3.33. The molecule has 0 spiro atoms. The van der Waals surface area contributed by atoms with Crippen molar-refractivity contribution in [3.63, 3.8) is 0 Å². The molecule has 0 aromatic heterocycles. The number of anilines is 1. The predicted octanol–water partition coefficient (Wildman–Crippen LogP) is 5.20. The second-order valence-electron chi connectivity index (χ2n) is 3.70. The van der Waals surface area contributed by atoms with Crippen LogP contribution in [0.5, 0.6) is 17.2 Å². The summed E-state index contributed by atoms with van der Waals surface area (Å²) in [6, 6.07) is 9.40. The second-order valence-corrected chi connectivity index (χ2v) is 6.69. The summed E-state index contributed by atoms with van der Waals surface area (Å²) in [5.74, 6) is 1.89. The highest BCUT2D eigenvalue weighted by Gasteiger charge is 2.11. The smallest absolute Gasteiger partial charge is 0.155 e. The van der Waals surface area contributed by atoms with Crippen LogP contribution in [0, 0.1) is 3.57 Å². The van der Waals surface area contributed by atoms with Crippen molar-refractivity contribution in [2.24, 2.45) is 0 Å². The van der Waals surface area contributed by atoms with Crippen LogP contribution in [-0.2, 0) is 0 Å². The van der Waals surface area contributed by atoms with Crippen molar-refractivity contribution < 1.29 is 9.47 Å². The van der Waals surface area contributed by atoms with E-state index >= 15 is 0 Å². The lowest BCUT2D eigenvalue weighted by molar-refractivity contribution is 0.411. The number of hydrogen-bond acceptors (Lipinski definition) is 3. The highest BCUT2D eigenvalue weighted by molar-refractivity contribution is 14.1. The maximum Gasteiger partial charge on any atom is 0.155 e. The molecular weight excluding hydrogens is 489 g/mol. The topological polar surface area (TPSA) is 44.5 Å². The first-order valence-corrected chi connectivity index (χ1v) is 7.93. The maximum absolute atomic E-state index is 6.01. The number of methoxy groups -OCH3 is 1. The first-order valence-electron chi connectivity index (χ1n) is 5.27. The molecule has 0 atom stereocenters. The molecule has 2 rings (SSSR count). The van der Waals surface area contributed by atoms with Crippen LogP contribution < -0.4 is 15.2 Å². The van der Waals surface area contributed by atoms with E-state index in [1.807, 2.05) is 24.3 Å². The van der Waals surface area contributed by atoms with Gasteiger partial charge in [-0.3, -0.25) is 0 Å². The highest BCUT2D eigenvalue weighted by Crippen LogP contribution is 2.39. The Morgan fingerprint density at radius 2 is 1.68 bits per heavy atom. The van der Waals surface area contributed by atoms with E-state index in [2.05, 4.69) is 54.5 Å². The maximum atomic E-state index is 6.01. The van der Waals surface area contributed by atoms with E-state index in [0.29, 0.717) is 17.2 Å². The van der Waals surface area contributed by atoms with E-state index in [4.69, 9.17) is 15.2 Å². The Morgan fingerprint density at radius 3 is 2.32 bits per heavy atom. The van der Waals surface area contributed by atoms with Crippen molar-refractivity contribution in [2.45, 2.75) is 0 Å². The Morgan fingerprint density at radius 1 is 1.00 bits per heavy atom. The molecule has 19 heavy (non-hydrogen) atoms. The fourth-order valence-electron chi connectivity index (χ4n) is 1.50. The average molecular weight is 499 g/mol. The molecule has 0 aliphatic heterocycles. The number of rotatable bonds is 3. The SMILES string of the molecule is COc1cc(Br)cc(Oc2ccc(Br)cc2I)c1N. The third-order valence-electron chi connectivity index (χ3n) is 2.40. The minimum atomic E-state index is 0.476. The first-order chi connectivity index (χ1) is 9.01. The minimum absolute atomic E-state index is 0.476. The zero-order chi connectivity index (χ0) is 14.0. The Labute approximate surface area is 141 Å². The summed E-state index contributed by atoms with van der Waals surface area (Å²) in [5.41, 5.74) is 6.48. The Balaban J connectivity index is 2.40. The van der Waals surface area contributed by atoms with E-state index in [0.717, 1.165) is 18.3 Å². The van der Waals surface area contributed by atoms with Crippen LogP contribution in [0.1, 0.15) is 0 Å². The summed E-state index contributed by atoms with van der Waals surface area (Å²) >= 11 is 9.04. The highest BCUT2D eigenvalue weighted by atomic mass is 127. The van der Waals surface area contributed by atoms with Crippen LogP contribution in [0.25, 0.3) is 0 Å². The summed E-state index contributed by atoms with van der Waals surface area (Å²) < 4.78 is 13.9. The average Bonchev–Trinajstić information content (AvgIpc) is 2.36. The molecule has 6 heteroatoms. The van der Waals surface area contributed by atoms with Gasteiger partial charge in [-0.1, -0.05) is 31.9 Å². The van der Waals surface area contributed by atoms with Crippen molar-refractivity contribution in [3.05, 3.63) is 42.8 Å². The van der Waals surface area contributed by atoms with E-state index < -0.39 is 0 Å². The number of nitrogens with two attached hydrogens (primary N) is 1. The number of nitrogen functional groups attached to an aromatic ring is 1. The Hall–Kier alpha value is -0.470. The summed E-state index contributed by atoms with van der Waals surface area (Å²) in [4.78, 5) is 0. The van der Waals surface area contributed by atoms with E-state index in [9.17, 15) is 0 Å². The summed E-state index contributed by atoms with van der Waals surface area (Å²) in [6.07, 6.45) is 0. The summed E-state index contributed by atoms with van der Waals surface area (Å²) in [6.45, 7) is 0. The van der Waals surface area contributed by atoms with Crippen molar-refractivity contribution in [3.8, 4) is 17.2 Å². The fraction of sp³-hybridized carbons (Fsp3) is 0.0769. The van der Waals surface area contributed by atoms with Crippen LogP contribution in [0.4, 0.5) is 5.69 Å². The minimum Gasteiger partial charge on any atom is -0.494 e. The van der Waals surface area contributed by atoms with Crippen molar-refractivity contribution >= 4 is 60.1 Å². The van der Waals surface area contributed by atoms with Crippen molar-refractivity contribution in [1.82, 2.24) is 0 Å². The van der Waals surface area contributed by atoms with Gasteiger partial charge in [0.05, 0.1) is 10.7 Å². The molecule has 0 saturated heterocycles. The van der Waals surface area contributed by atoms with Crippen molar-refractivity contribution in [1.29, 1.82) is 0 Å². The summed E-state index contributed by atoms with van der Waals surface area (Å²) in [5, 5.41) is 0. The first kappa shape index (κ1) is 14.9. The van der Waals surface area contributed by atoms with Gasteiger partial charge in [0.2, 0.25) is 0 Å². The molecule has 0 fully saturated rings. The Kier molecular flexibility index (Phi) is 4.97. The van der Waals surface area contributed by atoms with Gasteiger partial charge in [-0.2, -0.15) is 0 Å². The van der Waals surface area contributed by atoms with Crippen LogP contribution in [-0.4, -0.2) is 7.11 Å². The van der Waals surface area contributed by atoms with Crippen LogP contribution in [0.3, 0.4) is 0 Å². The van der Waals surface area contributed by atoms with Gasteiger partial charge < -0.3 is 15.2 Å². The zero-order valence-corrected chi connectivity index (χ0v) is 15.2. The van der Waals surface area contributed by atoms with Gasteiger partial charge in [-0.05, 0) is 52.9 Å². The third-order valence-corrected chi connectivity index (χ3v) is 4.20. The summed E-state index contributed by atoms with van der Waals surface area (Å²) in [7, 11) is 1.57. The van der Waals surface area contributed by atoms with Crippen LogP contribution in [0.15, 0.2) is 39.3 Å². The van der Waals surface area contributed by atoms with Gasteiger partial charge in [0.25, 0.3) is 0 Å². The second kappa shape index (κ2) is 6.32. The number of halogens is 3. The lowest BCUT2D eigenvalue weighted by Gasteiger charge is -2.13. The van der Waals surface area contributed by atoms with Gasteiger partial charge in [0.15, 0.2) is 5.75 Å². The van der Waals surface area contributed by atoms with Crippen molar-refractivity contribution in [2.75, 3.05) is 12.8 Å². The lowest BCUT2D eigenvalue weighted by atomic mass is 10.2. The molecule has 0 aliphatic rings. The largest absolute Gasteiger partial charge is 0.494 e. The molecule has 2 N–H and O–H groups in total. The number of ether oxygens (including phenoxy) is 2. The monoisotopic (exact) mass is 497 g/mol. The van der Waals surface area contributed by atoms with Gasteiger partial charge in [0.1, 0.15) is 17.2 Å². The van der Waals surface area contributed by atoms with Gasteiger partial charge in [-0.25, -0.2) is 0 Å². The van der Waals surface area contributed by atoms with Crippen LogP contribution in [0.2, 0.25) is 0 Å². The third kappa shape index (κ3) is 3.55. The molecule has 0 aliphatic carbocycles. The van der Waals surface area contributed by atoms with Crippen LogP contribution >= 0.6 is 54.5 Å². The molecule has 0 unspecified atom stereocenters. The molecule has 2 aromatic carbocycles. The van der Waals surface area contributed by atoms with Gasteiger partial charge in [0, 0.05) is 8.95 Å². The molecule has 0 heterocycles.